The van der Waals surface area contributed by atoms with Crippen molar-refractivity contribution in [2.45, 2.75) is 45.1 Å². The monoisotopic (exact) mass is 265 g/mol. The van der Waals surface area contributed by atoms with Crippen LogP contribution in [0.15, 0.2) is 0 Å². The maximum atomic E-state index is 12.1. The highest BCUT2D eigenvalue weighted by molar-refractivity contribution is 5.89. The zero-order valence-corrected chi connectivity index (χ0v) is 11.5. The molecule has 1 aromatic rings. The molecule has 1 saturated heterocycles. The molecule has 2 unspecified atom stereocenters. The Morgan fingerprint density at radius 3 is 2.89 bits per heavy atom. The third-order valence-electron chi connectivity index (χ3n) is 3.82. The van der Waals surface area contributed by atoms with Gasteiger partial charge < -0.3 is 9.47 Å². The maximum absolute atomic E-state index is 12.1. The Morgan fingerprint density at radius 2 is 2.26 bits per heavy atom. The summed E-state index contributed by atoms with van der Waals surface area (Å²) in [6, 6.07) is 0. The molecule has 1 aliphatic carbocycles. The number of carbonyl (C=O) groups excluding carboxylic acids is 1. The van der Waals surface area contributed by atoms with Gasteiger partial charge in [-0.15, -0.1) is 5.10 Å². The average molecular weight is 265 g/mol. The van der Waals surface area contributed by atoms with Crippen LogP contribution in [0.4, 0.5) is 0 Å². The van der Waals surface area contributed by atoms with Gasteiger partial charge in [0.05, 0.1) is 6.61 Å². The van der Waals surface area contributed by atoms with Crippen LogP contribution < -0.4 is 0 Å². The van der Waals surface area contributed by atoms with Crippen LogP contribution in [0.3, 0.4) is 0 Å². The molecular formula is C13H19N3O3. The Labute approximate surface area is 111 Å². The number of hydrogen-bond acceptors (Lipinski definition) is 5. The van der Waals surface area contributed by atoms with Crippen molar-refractivity contribution in [3.8, 4) is 0 Å². The third kappa shape index (κ3) is 2.25. The summed E-state index contributed by atoms with van der Waals surface area (Å²) in [6.07, 6.45) is 2.06. The third-order valence-corrected chi connectivity index (χ3v) is 3.82. The molecule has 0 bridgehead atoms. The molecule has 2 aliphatic rings. The van der Waals surface area contributed by atoms with Crippen molar-refractivity contribution >= 4 is 5.97 Å². The molecule has 6 heteroatoms. The largest absolute Gasteiger partial charge is 0.455 e. The van der Waals surface area contributed by atoms with Gasteiger partial charge in [-0.25, -0.2) is 4.79 Å². The van der Waals surface area contributed by atoms with Gasteiger partial charge in [0.2, 0.25) is 0 Å². The van der Waals surface area contributed by atoms with E-state index in [-0.39, 0.29) is 11.3 Å². The fraction of sp³-hybridized carbons (Fsp3) is 0.769. The second kappa shape index (κ2) is 4.03. The standard InChI is InChI=1S/C13H19N3O3/c1-12(2,3)19-11(17)10-9(14-16-15-10)8-6-13(8)4-5-18-7-13/h8H,4-7H2,1-3H3,(H,14,15,16). The molecule has 2 fully saturated rings. The molecule has 104 valence electrons. The van der Waals surface area contributed by atoms with Crippen molar-refractivity contribution in [1.82, 2.24) is 15.4 Å². The first-order chi connectivity index (χ1) is 8.91. The van der Waals surface area contributed by atoms with E-state index in [9.17, 15) is 4.79 Å². The van der Waals surface area contributed by atoms with Gasteiger partial charge in [0.15, 0.2) is 5.69 Å². The van der Waals surface area contributed by atoms with E-state index in [0.717, 1.165) is 31.7 Å². The van der Waals surface area contributed by atoms with E-state index in [1.165, 1.54) is 0 Å². The van der Waals surface area contributed by atoms with E-state index >= 15 is 0 Å². The minimum atomic E-state index is -0.523. The molecule has 1 spiro atoms. The van der Waals surface area contributed by atoms with Crippen LogP contribution in [0.1, 0.15) is 55.7 Å². The highest BCUT2D eigenvalue weighted by Crippen LogP contribution is 2.63. The number of aromatic nitrogens is 3. The van der Waals surface area contributed by atoms with Crippen molar-refractivity contribution in [3.63, 3.8) is 0 Å². The molecule has 0 radical (unpaired) electrons. The van der Waals surface area contributed by atoms with Gasteiger partial charge in [0.1, 0.15) is 11.3 Å². The minimum Gasteiger partial charge on any atom is -0.455 e. The van der Waals surface area contributed by atoms with Gasteiger partial charge in [-0.1, -0.05) is 0 Å². The molecule has 6 nitrogen and oxygen atoms in total. The van der Waals surface area contributed by atoms with E-state index in [2.05, 4.69) is 15.4 Å². The first-order valence-corrected chi connectivity index (χ1v) is 6.63. The summed E-state index contributed by atoms with van der Waals surface area (Å²) in [5.41, 5.74) is 0.724. The number of aromatic amines is 1. The summed E-state index contributed by atoms with van der Waals surface area (Å²) in [6.45, 7) is 7.09. The van der Waals surface area contributed by atoms with E-state index in [0.29, 0.717) is 5.69 Å². The molecule has 1 aliphatic heterocycles. The Morgan fingerprint density at radius 1 is 1.47 bits per heavy atom. The fourth-order valence-corrected chi connectivity index (χ4v) is 2.75. The lowest BCUT2D eigenvalue weighted by atomic mass is 10.0. The summed E-state index contributed by atoms with van der Waals surface area (Å²) in [7, 11) is 0. The quantitative estimate of drug-likeness (QED) is 0.823. The van der Waals surface area contributed by atoms with Crippen molar-refractivity contribution in [2.75, 3.05) is 13.2 Å². The molecule has 1 aromatic heterocycles. The van der Waals surface area contributed by atoms with Crippen LogP contribution in [-0.4, -0.2) is 40.2 Å². The highest BCUT2D eigenvalue weighted by Gasteiger charge is 2.59. The number of H-pyrrole nitrogens is 1. The van der Waals surface area contributed by atoms with E-state index in [1.54, 1.807) is 0 Å². The summed E-state index contributed by atoms with van der Waals surface area (Å²) in [5, 5.41) is 10.7. The van der Waals surface area contributed by atoms with Gasteiger partial charge >= 0.3 is 5.97 Å². The van der Waals surface area contributed by atoms with Crippen LogP contribution in [0.2, 0.25) is 0 Å². The van der Waals surface area contributed by atoms with Crippen LogP contribution in [0, 0.1) is 5.41 Å². The Kier molecular flexibility index (Phi) is 2.67. The molecule has 1 saturated carbocycles. The van der Waals surface area contributed by atoms with Crippen molar-refractivity contribution in [2.24, 2.45) is 5.41 Å². The first kappa shape index (κ1) is 12.6. The van der Waals surface area contributed by atoms with Crippen LogP contribution in [-0.2, 0) is 9.47 Å². The van der Waals surface area contributed by atoms with Gasteiger partial charge in [-0.3, -0.25) is 0 Å². The zero-order chi connectivity index (χ0) is 13.7. The lowest BCUT2D eigenvalue weighted by molar-refractivity contribution is 0.00613. The summed E-state index contributed by atoms with van der Waals surface area (Å²) < 4.78 is 10.8. The smallest absolute Gasteiger partial charge is 0.361 e. The predicted octanol–water partition coefficient (Wildman–Crippen LogP) is 1.65. The van der Waals surface area contributed by atoms with Gasteiger partial charge in [0.25, 0.3) is 0 Å². The zero-order valence-electron chi connectivity index (χ0n) is 11.5. The molecule has 0 amide bonds. The highest BCUT2D eigenvalue weighted by atomic mass is 16.6. The molecule has 19 heavy (non-hydrogen) atoms. The van der Waals surface area contributed by atoms with Crippen LogP contribution >= 0.6 is 0 Å². The maximum Gasteiger partial charge on any atom is 0.361 e. The molecular weight excluding hydrogens is 246 g/mol. The van der Waals surface area contributed by atoms with Crippen molar-refractivity contribution in [1.29, 1.82) is 0 Å². The minimum absolute atomic E-state index is 0.188. The lowest BCUT2D eigenvalue weighted by Gasteiger charge is -2.18. The lowest BCUT2D eigenvalue weighted by Crippen LogP contribution is -2.24. The SMILES string of the molecule is CC(C)(C)OC(=O)c1n[nH]nc1C1CC12CCOC2. The van der Waals surface area contributed by atoms with Gasteiger partial charge in [0, 0.05) is 17.9 Å². The number of carbonyl (C=O) groups is 1. The molecule has 1 N–H and O–H groups in total. The second-order valence-corrected chi connectivity index (χ2v) is 6.48. The van der Waals surface area contributed by atoms with Gasteiger partial charge in [-0.2, -0.15) is 10.3 Å². The molecule has 2 atom stereocenters. The number of hydrogen-bond donors (Lipinski definition) is 1. The summed E-state index contributed by atoms with van der Waals surface area (Å²) in [5.74, 6) is -0.131. The van der Waals surface area contributed by atoms with Gasteiger partial charge in [-0.05, 0) is 33.6 Å². The van der Waals surface area contributed by atoms with Crippen molar-refractivity contribution < 1.29 is 14.3 Å². The number of nitrogens with zero attached hydrogens (tertiary/aromatic N) is 2. The van der Waals surface area contributed by atoms with E-state index < -0.39 is 11.6 Å². The van der Waals surface area contributed by atoms with E-state index in [4.69, 9.17) is 9.47 Å². The summed E-state index contributed by atoms with van der Waals surface area (Å²) >= 11 is 0. The fourth-order valence-electron chi connectivity index (χ4n) is 2.75. The Bertz CT molecular complexity index is 497. The summed E-state index contributed by atoms with van der Waals surface area (Å²) in [4.78, 5) is 12.1. The normalized spacial score (nSPS) is 29.7. The molecule has 0 aromatic carbocycles. The van der Waals surface area contributed by atoms with Crippen LogP contribution in [0.5, 0.6) is 0 Å². The number of ether oxygens (including phenoxy) is 2. The first-order valence-electron chi connectivity index (χ1n) is 6.63. The Hall–Kier alpha value is -1.43. The molecule has 3 rings (SSSR count). The van der Waals surface area contributed by atoms with Crippen LogP contribution in [0.25, 0.3) is 0 Å². The second-order valence-electron chi connectivity index (χ2n) is 6.48. The number of nitrogens with one attached hydrogen (secondary N) is 1. The predicted molar refractivity (Wildman–Crippen MR) is 66.8 cm³/mol. The topological polar surface area (TPSA) is 77.1 Å². The molecule has 2 heterocycles. The van der Waals surface area contributed by atoms with E-state index in [1.807, 2.05) is 20.8 Å². The number of rotatable bonds is 2. The van der Waals surface area contributed by atoms with Crippen molar-refractivity contribution in [3.05, 3.63) is 11.4 Å². The Balaban J connectivity index is 1.78. The average Bonchev–Trinajstić information content (AvgIpc) is 2.67. The number of esters is 1.